The highest BCUT2D eigenvalue weighted by Crippen LogP contribution is 2.29. The van der Waals surface area contributed by atoms with E-state index < -0.39 is 23.9 Å². The van der Waals surface area contributed by atoms with Crippen molar-refractivity contribution in [2.45, 2.75) is 62.4 Å². The van der Waals surface area contributed by atoms with Crippen molar-refractivity contribution >= 4 is 5.94 Å². The van der Waals surface area contributed by atoms with Crippen LogP contribution >= 0.6 is 0 Å². The van der Waals surface area contributed by atoms with Crippen molar-refractivity contribution in [1.82, 2.24) is 0 Å². The van der Waals surface area contributed by atoms with Crippen molar-refractivity contribution in [3.05, 3.63) is 6.08 Å². The summed E-state index contributed by atoms with van der Waals surface area (Å²) < 4.78 is 0. The molecule has 0 heterocycles. The number of hydrogen-bond acceptors (Lipinski definition) is 5. The molecule has 0 aromatic heterocycles. The van der Waals surface area contributed by atoms with E-state index in [1.54, 1.807) is 5.94 Å². The van der Waals surface area contributed by atoms with Crippen LogP contribution in [0.3, 0.4) is 0 Å². The second-order valence-electron chi connectivity index (χ2n) is 4.76. The minimum absolute atomic E-state index is 0.0144. The van der Waals surface area contributed by atoms with Gasteiger partial charge in [0.25, 0.3) is 0 Å². The molecule has 0 spiro atoms. The Morgan fingerprint density at radius 2 is 1.94 bits per heavy atom. The molecule has 4 unspecified atom stereocenters. The fourth-order valence-corrected chi connectivity index (χ4v) is 2.21. The Kier molecular flexibility index (Phi) is 5.31. The van der Waals surface area contributed by atoms with Crippen LogP contribution < -0.4 is 0 Å². The Balaban J connectivity index is 2.78. The van der Waals surface area contributed by atoms with Gasteiger partial charge in [-0.2, -0.15) is 0 Å². The van der Waals surface area contributed by atoms with Gasteiger partial charge in [0, 0.05) is 18.9 Å². The molecule has 0 aliphatic heterocycles. The first-order valence-corrected chi connectivity index (χ1v) is 5.95. The van der Waals surface area contributed by atoms with Gasteiger partial charge in [0.2, 0.25) is 0 Å². The average Bonchev–Trinajstić information content (AvgIpc) is 2.34. The van der Waals surface area contributed by atoms with Crippen molar-refractivity contribution in [1.29, 1.82) is 0 Å². The molecule has 0 bridgehead atoms. The zero-order valence-corrected chi connectivity index (χ0v) is 9.75. The maximum Gasteiger partial charge on any atom is 0.120 e. The monoisotopic (exact) mass is 244 g/mol. The fraction of sp³-hybridized carbons (Fsp3) is 0.833. The van der Waals surface area contributed by atoms with E-state index in [1.165, 1.54) is 0 Å². The van der Waals surface area contributed by atoms with E-state index in [0.29, 0.717) is 25.7 Å². The third-order valence-corrected chi connectivity index (χ3v) is 3.43. The Hall–Kier alpha value is -0.710. The van der Waals surface area contributed by atoms with Crippen LogP contribution in [0.4, 0.5) is 0 Å². The van der Waals surface area contributed by atoms with Crippen LogP contribution in [0.5, 0.6) is 0 Å². The summed E-state index contributed by atoms with van der Waals surface area (Å²) in [5, 5.41) is 39.3. The topological polar surface area (TPSA) is 98.0 Å². The molecule has 0 aromatic rings. The highest BCUT2D eigenvalue weighted by Gasteiger charge is 2.37. The van der Waals surface area contributed by atoms with Crippen LogP contribution in [0, 0.1) is 0 Å². The number of hydrogen-bond donors (Lipinski definition) is 4. The second-order valence-corrected chi connectivity index (χ2v) is 4.76. The van der Waals surface area contributed by atoms with Gasteiger partial charge in [-0.15, -0.1) is 0 Å². The third-order valence-electron chi connectivity index (χ3n) is 3.43. The molecule has 1 rings (SSSR count). The summed E-state index contributed by atoms with van der Waals surface area (Å²) in [6.07, 6.45) is 0.0779. The zero-order valence-electron chi connectivity index (χ0n) is 9.75. The third kappa shape index (κ3) is 3.91. The van der Waals surface area contributed by atoms with E-state index in [0.717, 1.165) is 6.08 Å². The van der Waals surface area contributed by atoms with Gasteiger partial charge in [0.1, 0.15) is 5.94 Å². The fourth-order valence-electron chi connectivity index (χ4n) is 2.21. The van der Waals surface area contributed by atoms with Gasteiger partial charge in [-0.25, -0.2) is 4.79 Å². The minimum Gasteiger partial charge on any atom is -0.390 e. The first kappa shape index (κ1) is 14.4. The molecule has 5 heteroatoms. The van der Waals surface area contributed by atoms with Gasteiger partial charge in [-0.3, -0.25) is 0 Å². The summed E-state index contributed by atoms with van der Waals surface area (Å²) in [5.74, 6) is 1.57. The van der Waals surface area contributed by atoms with Crippen molar-refractivity contribution in [3.8, 4) is 0 Å². The largest absolute Gasteiger partial charge is 0.390 e. The van der Waals surface area contributed by atoms with E-state index in [1.807, 2.05) is 0 Å². The normalized spacial score (nSPS) is 39.6. The van der Waals surface area contributed by atoms with Crippen molar-refractivity contribution < 1.29 is 25.2 Å². The highest BCUT2D eigenvalue weighted by molar-refractivity contribution is 5.45. The summed E-state index contributed by atoms with van der Waals surface area (Å²) in [6.45, 7) is 0. The lowest BCUT2D eigenvalue weighted by molar-refractivity contribution is -0.102. The molecular formula is C12H20O5. The first-order valence-electron chi connectivity index (χ1n) is 5.95. The van der Waals surface area contributed by atoms with Crippen LogP contribution in [-0.4, -0.2) is 50.3 Å². The second kappa shape index (κ2) is 6.28. The predicted molar refractivity (Wildman–Crippen MR) is 60.9 cm³/mol. The summed E-state index contributed by atoms with van der Waals surface area (Å²) in [5.41, 5.74) is -1.41. The van der Waals surface area contributed by atoms with Gasteiger partial charge in [-0.1, -0.05) is 12.8 Å². The van der Waals surface area contributed by atoms with Gasteiger partial charge < -0.3 is 20.4 Å². The summed E-state index contributed by atoms with van der Waals surface area (Å²) in [7, 11) is 0. The van der Waals surface area contributed by atoms with E-state index in [9.17, 15) is 25.2 Å². The molecule has 0 amide bonds. The average molecular weight is 244 g/mol. The molecule has 4 atom stereocenters. The Morgan fingerprint density at radius 3 is 2.59 bits per heavy atom. The molecule has 0 saturated heterocycles. The number of rotatable bonds is 2. The van der Waals surface area contributed by atoms with Crippen LogP contribution in [0.2, 0.25) is 0 Å². The lowest BCUT2D eigenvalue weighted by Gasteiger charge is -2.32. The minimum atomic E-state index is -1.41. The molecule has 4 N–H and O–H groups in total. The van der Waals surface area contributed by atoms with E-state index >= 15 is 0 Å². The maximum absolute atomic E-state index is 10.3. The molecule has 98 valence electrons. The SMILES string of the molecule is O=C=CCC1(O)CCCCC(O)C(O)CC1O. The molecule has 1 aliphatic rings. The van der Waals surface area contributed by atoms with Crippen LogP contribution in [0.15, 0.2) is 6.08 Å². The molecule has 1 fully saturated rings. The van der Waals surface area contributed by atoms with Crippen molar-refractivity contribution in [2.75, 3.05) is 0 Å². The van der Waals surface area contributed by atoms with E-state index in [4.69, 9.17) is 0 Å². The van der Waals surface area contributed by atoms with Gasteiger partial charge >= 0.3 is 0 Å². The van der Waals surface area contributed by atoms with E-state index in [-0.39, 0.29) is 12.8 Å². The summed E-state index contributed by atoms with van der Waals surface area (Å²) in [4.78, 5) is 10.2. The van der Waals surface area contributed by atoms with Crippen LogP contribution in [0.1, 0.15) is 38.5 Å². The maximum atomic E-state index is 10.3. The van der Waals surface area contributed by atoms with Crippen LogP contribution in [0.25, 0.3) is 0 Å². The van der Waals surface area contributed by atoms with Gasteiger partial charge in [-0.05, 0) is 12.8 Å². The van der Waals surface area contributed by atoms with E-state index in [2.05, 4.69) is 0 Å². The number of aliphatic hydroxyl groups is 4. The Morgan fingerprint density at radius 1 is 1.24 bits per heavy atom. The van der Waals surface area contributed by atoms with Crippen LogP contribution in [-0.2, 0) is 4.79 Å². The number of aliphatic hydroxyl groups excluding tert-OH is 3. The zero-order chi connectivity index (χ0) is 12.9. The van der Waals surface area contributed by atoms with Gasteiger partial charge in [0.05, 0.1) is 23.9 Å². The summed E-state index contributed by atoms with van der Waals surface area (Å²) >= 11 is 0. The first-order chi connectivity index (χ1) is 7.99. The van der Waals surface area contributed by atoms with Gasteiger partial charge in [0.15, 0.2) is 0 Å². The molecule has 0 radical (unpaired) electrons. The lowest BCUT2D eigenvalue weighted by atomic mass is 9.85. The standard InChI is InChI=1S/C12H20O5/c13-7-3-6-12(17)5-2-1-4-9(14)10(15)8-11(12)16/h3,9-11,14-17H,1-2,4-6,8H2. The molecule has 1 aliphatic carbocycles. The molecule has 1 saturated carbocycles. The smallest absolute Gasteiger partial charge is 0.120 e. The Labute approximate surface area is 100 Å². The molecule has 17 heavy (non-hydrogen) atoms. The van der Waals surface area contributed by atoms with Crippen molar-refractivity contribution in [2.24, 2.45) is 0 Å². The molecule has 0 aromatic carbocycles. The lowest BCUT2D eigenvalue weighted by Crippen LogP contribution is -2.44. The van der Waals surface area contributed by atoms with Crippen molar-refractivity contribution in [3.63, 3.8) is 0 Å². The molecular weight excluding hydrogens is 224 g/mol. The quantitative estimate of drug-likeness (QED) is 0.493. The molecule has 5 nitrogen and oxygen atoms in total. The summed E-state index contributed by atoms with van der Waals surface area (Å²) in [6, 6.07) is 0. The Bertz CT molecular complexity index is 287. The number of carbonyl (C=O) groups excluding carboxylic acids is 1. The predicted octanol–water partition coefficient (Wildman–Crippen LogP) is -0.458. The highest BCUT2D eigenvalue weighted by atomic mass is 16.3.